The second kappa shape index (κ2) is 5.98. The Morgan fingerprint density at radius 2 is 2.33 bits per heavy atom. The van der Waals surface area contributed by atoms with Gasteiger partial charge in [0.25, 0.3) is 0 Å². The summed E-state index contributed by atoms with van der Waals surface area (Å²) in [6.45, 7) is 2.77. The van der Waals surface area contributed by atoms with Crippen molar-refractivity contribution in [2.24, 2.45) is 0 Å². The van der Waals surface area contributed by atoms with E-state index in [0.717, 1.165) is 21.6 Å². The van der Waals surface area contributed by atoms with Gasteiger partial charge in [0.05, 0.1) is 17.8 Å². The van der Waals surface area contributed by atoms with E-state index in [0.29, 0.717) is 12.1 Å². The van der Waals surface area contributed by atoms with E-state index in [-0.39, 0.29) is 0 Å². The normalized spacial score (nSPS) is 10.1. The third-order valence-corrected chi connectivity index (χ3v) is 4.12. The van der Waals surface area contributed by atoms with Crippen LogP contribution in [0.3, 0.4) is 0 Å². The van der Waals surface area contributed by atoms with Crippen LogP contribution in [0.1, 0.15) is 22.4 Å². The molecule has 1 heterocycles. The fourth-order valence-electron chi connectivity index (χ4n) is 1.53. The van der Waals surface area contributed by atoms with Gasteiger partial charge in [0.2, 0.25) is 0 Å². The lowest BCUT2D eigenvalue weighted by atomic mass is 10.2. The number of benzene rings is 1. The molecule has 0 unspecified atom stereocenters. The molecule has 1 aromatic carbocycles. The number of nitrogens with zero attached hydrogens (tertiary/aromatic N) is 2. The van der Waals surface area contributed by atoms with E-state index >= 15 is 0 Å². The minimum atomic E-state index is 0.636. The first kappa shape index (κ1) is 13.1. The summed E-state index contributed by atoms with van der Waals surface area (Å²) < 4.78 is 0.909. The Labute approximate surface area is 119 Å². The number of hydrogen-bond donors (Lipinski definition) is 1. The van der Waals surface area contributed by atoms with Crippen molar-refractivity contribution in [3.8, 4) is 6.07 Å². The molecule has 0 saturated carbocycles. The summed E-state index contributed by atoms with van der Waals surface area (Å²) in [5.74, 6) is 0. The van der Waals surface area contributed by atoms with Gasteiger partial charge in [-0.05, 0) is 24.6 Å². The van der Waals surface area contributed by atoms with E-state index in [1.54, 1.807) is 11.3 Å². The highest BCUT2D eigenvalue weighted by molar-refractivity contribution is 9.10. The molecule has 0 fully saturated rings. The highest BCUT2D eigenvalue weighted by atomic mass is 79.9. The van der Waals surface area contributed by atoms with E-state index < -0.39 is 0 Å². The summed E-state index contributed by atoms with van der Waals surface area (Å²) in [6, 6.07) is 7.81. The van der Waals surface area contributed by atoms with Crippen molar-refractivity contribution in [3.63, 3.8) is 0 Å². The number of nitrogens with one attached hydrogen (secondary N) is 1. The zero-order valence-electron chi connectivity index (χ0n) is 9.90. The van der Waals surface area contributed by atoms with Crippen LogP contribution in [0.25, 0.3) is 0 Å². The lowest BCUT2D eigenvalue weighted by molar-refractivity contribution is 1.09. The van der Waals surface area contributed by atoms with Crippen molar-refractivity contribution in [2.75, 3.05) is 5.32 Å². The van der Waals surface area contributed by atoms with Gasteiger partial charge in [0.1, 0.15) is 11.1 Å². The van der Waals surface area contributed by atoms with Gasteiger partial charge in [-0.25, -0.2) is 4.98 Å². The summed E-state index contributed by atoms with van der Waals surface area (Å²) in [5.41, 5.74) is 1.48. The maximum Gasteiger partial charge on any atom is 0.112 e. The topological polar surface area (TPSA) is 48.7 Å². The predicted molar refractivity (Wildman–Crippen MR) is 77.7 cm³/mol. The molecule has 0 aliphatic heterocycles. The number of aryl methyl sites for hydroxylation is 1. The first-order valence-electron chi connectivity index (χ1n) is 5.60. The van der Waals surface area contributed by atoms with Gasteiger partial charge in [0.15, 0.2) is 0 Å². The molecule has 0 bridgehead atoms. The average molecular weight is 322 g/mol. The van der Waals surface area contributed by atoms with Gasteiger partial charge in [-0.2, -0.15) is 5.26 Å². The molecule has 1 N–H and O–H groups in total. The number of aromatic nitrogens is 1. The standard InChI is InChI=1S/C13H12BrN3S/c1-2-11-7-17-13(18-11)8-16-12-4-3-10(14)5-9(12)6-15/h3-5,7,16H,2,8H2,1H3. The van der Waals surface area contributed by atoms with E-state index in [2.05, 4.69) is 39.2 Å². The van der Waals surface area contributed by atoms with Crippen LogP contribution in [0.2, 0.25) is 0 Å². The maximum absolute atomic E-state index is 9.06. The predicted octanol–water partition coefficient (Wildman–Crippen LogP) is 3.95. The Morgan fingerprint density at radius 1 is 1.50 bits per heavy atom. The van der Waals surface area contributed by atoms with Crippen LogP contribution in [0.15, 0.2) is 28.9 Å². The molecule has 18 heavy (non-hydrogen) atoms. The Morgan fingerprint density at radius 3 is 3.00 bits per heavy atom. The van der Waals surface area contributed by atoms with Gasteiger partial charge in [0, 0.05) is 15.5 Å². The molecule has 0 aliphatic carbocycles. The maximum atomic E-state index is 9.06. The second-order valence-electron chi connectivity index (χ2n) is 3.73. The van der Waals surface area contributed by atoms with Crippen LogP contribution in [0, 0.1) is 11.3 Å². The molecule has 0 radical (unpaired) electrons. The number of anilines is 1. The van der Waals surface area contributed by atoms with Gasteiger partial charge >= 0.3 is 0 Å². The molecule has 3 nitrogen and oxygen atoms in total. The Kier molecular flexibility index (Phi) is 4.34. The zero-order valence-corrected chi connectivity index (χ0v) is 12.3. The minimum absolute atomic E-state index is 0.636. The van der Waals surface area contributed by atoms with Crippen LogP contribution >= 0.6 is 27.3 Å². The number of hydrogen-bond acceptors (Lipinski definition) is 4. The highest BCUT2D eigenvalue weighted by Gasteiger charge is 2.04. The molecule has 0 spiro atoms. The van der Waals surface area contributed by atoms with Gasteiger partial charge in [-0.3, -0.25) is 0 Å². The summed E-state index contributed by atoms with van der Waals surface area (Å²) >= 11 is 5.06. The van der Waals surface area contributed by atoms with Crippen LogP contribution in [-0.2, 0) is 13.0 Å². The van der Waals surface area contributed by atoms with Crippen molar-refractivity contribution in [3.05, 3.63) is 44.3 Å². The molecular weight excluding hydrogens is 310 g/mol. The van der Waals surface area contributed by atoms with Crippen LogP contribution in [-0.4, -0.2) is 4.98 Å². The SMILES string of the molecule is CCc1cnc(CNc2ccc(Br)cc2C#N)s1. The average Bonchev–Trinajstić information content (AvgIpc) is 2.85. The first-order valence-corrected chi connectivity index (χ1v) is 7.21. The fraction of sp³-hybridized carbons (Fsp3) is 0.231. The highest BCUT2D eigenvalue weighted by Crippen LogP contribution is 2.21. The van der Waals surface area contributed by atoms with E-state index in [1.165, 1.54) is 4.88 Å². The minimum Gasteiger partial charge on any atom is -0.377 e. The van der Waals surface area contributed by atoms with Crippen LogP contribution < -0.4 is 5.32 Å². The first-order chi connectivity index (χ1) is 8.72. The second-order valence-corrected chi connectivity index (χ2v) is 5.84. The zero-order chi connectivity index (χ0) is 13.0. The lowest BCUT2D eigenvalue weighted by Gasteiger charge is -2.06. The Hall–Kier alpha value is -1.38. The lowest BCUT2D eigenvalue weighted by Crippen LogP contribution is -2.00. The molecule has 0 amide bonds. The number of thiazole rings is 1. The third-order valence-electron chi connectivity index (χ3n) is 2.48. The van der Waals surface area contributed by atoms with Crippen molar-refractivity contribution in [1.82, 2.24) is 4.98 Å². The number of halogens is 1. The van der Waals surface area contributed by atoms with E-state index in [1.807, 2.05) is 24.4 Å². The smallest absolute Gasteiger partial charge is 0.112 e. The molecule has 0 aliphatic rings. The summed E-state index contributed by atoms with van der Waals surface area (Å²) in [4.78, 5) is 5.62. The van der Waals surface area contributed by atoms with E-state index in [4.69, 9.17) is 5.26 Å². The third kappa shape index (κ3) is 3.09. The van der Waals surface area contributed by atoms with Gasteiger partial charge < -0.3 is 5.32 Å². The molecule has 0 saturated heterocycles. The van der Waals surface area contributed by atoms with Crippen molar-refractivity contribution in [1.29, 1.82) is 5.26 Å². The Bertz CT molecular complexity index is 586. The van der Waals surface area contributed by atoms with Crippen molar-refractivity contribution >= 4 is 33.0 Å². The van der Waals surface area contributed by atoms with Crippen molar-refractivity contribution in [2.45, 2.75) is 19.9 Å². The Balaban J connectivity index is 2.08. The molecule has 0 atom stereocenters. The summed E-state index contributed by atoms with van der Waals surface area (Å²) in [7, 11) is 0. The monoisotopic (exact) mass is 321 g/mol. The largest absolute Gasteiger partial charge is 0.377 e. The molecule has 1 aromatic heterocycles. The van der Waals surface area contributed by atoms with Gasteiger partial charge in [-0.1, -0.05) is 22.9 Å². The number of rotatable bonds is 4. The quantitative estimate of drug-likeness (QED) is 0.927. The summed E-state index contributed by atoms with van der Waals surface area (Å²) in [6.07, 6.45) is 2.92. The van der Waals surface area contributed by atoms with E-state index in [9.17, 15) is 0 Å². The van der Waals surface area contributed by atoms with Gasteiger partial charge in [-0.15, -0.1) is 11.3 Å². The van der Waals surface area contributed by atoms with Crippen LogP contribution in [0.4, 0.5) is 5.69 Å². The molecule has 2 aromatic rings. The number of nitriles is 1. The summed E-state index contributed by atoms with van der Waals surface area (Å²) in [5, 5.41) is 13.3. The fourth-order valence-corrected chi connectivity index (χ4v) is 2.69. The molecule has 92 valence electrons. The van der Waals surface area contributed by atoms with Crippen LogP contribution in [0.5, 0.6) is 0 Å². The molecule has 5 heteroatoms. The molecular formula is C13H12BrN3S. The molecule has 2 rings (SSSR count). The van der Waals surface area contributed by atoms with Crippen molar-refractivity contribution < 1.29 is 0 Å².